The van der Waals surface area contributed by atoms with E-state index in [0.29, 0.717) is 31.2 Å². The first-order valence-corrected chi connectivity index (χ1v) is 7.94. The molecule has 0 aromatic heterocycles. The zero-order valence-corrected chi connectivity index (χ0v) is 13.4. The van der Waals surface area contributed by atoms with Crippen LogP contribution in [-0.2, 0) is 9.59 Å². The van der Waals surface area contributed by atoms with Gasteiger partial charge in [0.25, 0.3) is 0 Å². The normalized spacial score (nSPS) is 21.0. The Morgan fingerprint density at radius 1 is 0.864 bits per heavy atom. The lowest BCUT2D eigenvalue weighted by molar-refractivity contribution is -0.141. The summed E-state index contributed by atoms with van der Waals surface area (Å²) < 4.78 is 0. The number of hydrogen-bond donors (Lipinski definition) is 0. The van der Waals surface area contributed by atoms with Crippen LogP contribution in [0.25, 0.3) is 0 Å². The van der Waals surface area contributed by atoms with Crippen molar-refractivity contribution < 1.29 is 14.4 Å². The third-order valence-electron chi connectivity index (χ3n) is 4.96. The maximum Gasteiger partial charge on any atom is 0.176 e. The summed E-state index contributed by atoms with van der Waals surface area (Å²) in [6, 6.07) is 8.97. The van der Waals surface area contributed by atoms with Gasteiger partial charge >= 0.3 is 0 Å². The summed E-state index contributed by atoms with van der Waals surface area (Å²) in [6.45, 7) is 5.55. The Morgan fingerprint density at radius 3 is 1.77 bits per heavy atom. The van der Waals surface area contributed by atoms with E-state index in [1.165, 1.54) is 0 Å². The lowest BCUT2D eigenvalue weighted by Crippen LogP contribution is -2.41. The van der Waals surface area contributed by atoms with Gasteiger partial charge in [0.15, 0.2) is 17.3 Å². The van der Waals surface area contributed by atoms with E-state index in [1.807, 2.05) is 26.8 Å². The van der Waals surface area contributed by atoms with Crippen LogP contribution in [0.4, 0.5) is 0 Å². The predicted molar refractivity (Wildman–Crippen MR) is 83.6 cm³/mol. The zero-order valence-electron chi connectivity index (χ0n) is 13.4. The molecule has 1 aromatic carbocycles. The minimum atomic E-state index is -0.932. The van der Waals surface area contributed by atoms with Gasteiger partial charge in [0.05, 0.1) is 10.8 Å². The van der Waals surface area contributed by atoms with Gasteiger partial charge in [-0.2, -0.15) is 0 Å². The quantitative estimate of drug-likeness (QED) is 0.616. The standard InChI is InChI=1S/C19H22O3/c1-17(2,3)15(21)19(11-12-19)16(22)18(9-10-18)14(20)13-7-5-4-6-8-13/h4-8H,9-12H2,1-3H3. The molecule has 0 amide bonds. The number of carbonyl (C=O) groups excluding carboxylic acids is 3. The maximum atomic E-state index is 13.1. The molecule has 116 valence electrons. The molecule has 2 aliphatic carbocycles. The minimum absolute atomic E-state index is 0.00265. The van der Waals surface area contributed by atoms with Gasteiger partial charge in [-0.15, -0.1) is 0 Å². The number of carbonyl (C=O) groups is 3. The average Bonchev–Trinajstić information content (AvgIpc) is 3.39. The monoisotopic (exact) mass is 298 g/mol. The number of ketones is 3. The number of hydrogen-bond acceptors (Lipinski definition) is 3. The Morgan fingerprint density at radius 2 is 1.36 bits per heavy atom. The molecule has 0 unspecified atom stereocenters. The maximum absolute atomic E-state index is 13.1. The van der Waals surface area contributed by atoms with Crippen LogP contribution in [0.15, 0.2) is 30.3 Å². The molecule has 0 N–H and O–H groups in total. The van der Waals surface area contributed by atoms with E-state index in [0.717, 1.165) is 0 Å². The molecule has 0 heterocycles. The minimum Gasteiger partial charge on any atom is -0.298 e. The number of rotatable bonds is 5. The van der Waals surface area contributed by atoms with Crippen LogP contribution in [0.1, 0.15) is 56.8 Å². The molecular weight excluding hydrogens is 276 g/mol. The van der Waals surface area contributed by atoms with Crippen LogP contribution in [0.3, 0.4) is 0 Å². The van der Waals surface area contributed by atoms with Crippen molar-refractivity contribution in [3.63, 3.8) is 0 Å². The fourth-order valence-corrected chi connectivity index (χ4v) is 3.41. The molecule has 2 saturated carbocycles. The van der Waals surface area contributed by atoms with Gasteiger partial charge in [0.1, 0.15) is 0 Å². The molecule has 0 saturated heterocycles. The Hall–Kier alpha value is -1.77. The predicted octanol–water partition coefficient (Wildman–Crippen LogP) is 3.61. The summed E-state index contributed by atoms with van der Waals surface area (Å²) in [7, 11) is 0. The fraction of sp³-hybridized carbons (Fsp3) is 0.526. The Labute approximate surface area is 131 Å². The SMILES string of the molecule is CC(C)(C)C(=O)C1(C(=O)C2(C(=O)c3ccccc3)CC2)CC1. The summed E-state index contributed by atoms with van der Waals surface area (Å²) in [5, 5.41) is 0. The molecule has 3 heteroatoms. The Balaban J connectivity index is 1.90. The largest absolute Gasteiger partial charge is 0.298 e. The van der Waals surface area contributed by atoms with Gasteiger partial charge < -0.3 is 0 Å². The van der Waals surface area contributed by atoms with Crippen LogP contribution in [0.5, 0.6) is 0 Å². The van der Waals surface area contributed by atoms with Gasteiger partial charge in [-0.3, -0.25) is 14.4 Å². The lowest BCUT2D eigenvalue weighted by Gasteiger charge is -2.26. The molecule has 0 aliphatic heterocycles. The van der Waals surface area contributed by atoms with Crippen molar-refractivity contribution in [1.82, 2.24) is 0 Å². The van der Waals surface area contributed by atoms with Crippen molar-refractivity contribution >= 4 is 17.3 Å². The topological polar surface area (TPSA) is 51.2 Å². The van der Waals surface area contributed by atoms with E-state index in [1.54, 1.807) is 24.3 Å². The van der Waals surface area contributed by atoms with Crippen LogP contribution in [-0.4, -0.2) is 17.3 Å². The molecule has 0 spiro atoms. The molecule has 0 bridgehead atoms. The van der Waals surface area contributed by atoms with Gasteiger partial charge in [-0.05, 0) is 25.7 Å². The first-order chi connectivity index (χ1) is 10.2. The van der Waals surface area contributed by atoms with Crippen LogP contribution in [0.2, 0.25) is 0 Å². The van der Waals surface area contributed by atoms with Crippen molar-refractivity contribution in [1.29, 1.82) is 0 Å². The van der Waals surface area contributed by atoms with Crippen LogP contribution < -0.4 is 0 Å². The highest BCUT2D eigenvalue weighted by atomic mass is 16.2. The molecule has 3 nitrogen and oxygen atoms in total. The Bertz CT molecular complexity index is 641. The van der Waals surface area contributed by atoms with Gasteiger partial charge in [0, 0.05) is 11.0 Å². The van der Waals surface area contributed by atoms with Crippen molar-refractivity contribution in [2.45, 2.75) is 46.5 Å². The van der Waals surface area contributed by atoms with E-state index >= 15 is 0 Å². The smallest absolute Gasteiger partial charge is 0.176 e. The third kappa shape index (κ3) is 2.15. The van der Waals surface area contributed by atoms with Gasteiger partial charge in [0.2, 0.25) is 0 Å². The van der Waals surface area contributed by atoms with E-state index in [2.05, 4.69) is 0 Å². The Kier molecular flexibility index (Phi) is 3.17. The number of Topliss-reactive ketones (excluding diaryl/α,β-unsaturated/α-hetero) is 3. The van der Waals surface area contributed by atoms with E-state index < -0.39 is 16.2 Å². The molecule has 2 aliphatic rings. The highest BCUT2D eigenvalue weighted by Crippen LogP contribution is 2.61. The highest BCUT2D eigenvalue weighted by molar-refractivity contribution is 6.25. The first-order valence-electron chi connectivity index (χ1n) is 7.94. The summed E-state index contributed by atoms with van der Waals surface area (Å²) in [6.07, 6.45) is 2.37. The van der Waals surface area contributed by atoms with Crippen LogP contribution in [0, 0.1) is 16.2 Å². The van der Waals surface area contributed by atoms with Crippen molar-refractivity contribution in [2.75, 3.05) is 0 Å². The average molecular weight is 298 g/mol. The molecule has 2 fully saturated rings. The second-order valence-electron chi connectivity index (χ2n) is 7.77. The fourth-order valence-electron chi connectivity index (χ4n) is 3.41. The summed E-state index contributed by atoms with van der Waals surface area (Å²) in [4.78, 5) is 38.5. The van der Waals surface area contributed by atoms with Gasteiger partial charge in [-0.25, -0.2) is 0 Å². The van der Waals surface area contributed by atoms with Crippen molar-refractivity contribution in [2.24, 2.45) is 16.2 Å². The summed E-state index contributed by atoms with van der Waals surface area (Å²) >= 11 is 0. The van der Waals surface area contributed by atoms with Gasteiger partial charge in [-0.1, -0.05) is 51.1 Å². The van der Waals surface area contributed by atoms with E-state index in [-0.39, 0.29) is 17.3 Å². The third-order valence-corrected chi connectivity index (χ3v) is 4.96. The second-order valence-corrected chi connectivity index (χ2v) is 7.77. The van der Waals surface area contributed by atoms with E-state index in [4.69, 9.17) is 0 Å². The first kappa shape index (κ1) is 15.1. The van der Waals surface area contributed by atoms with Crippen molar-refractivity contribution in [3.05, 3.63) is 35.9 Å². The van der Waals surface area contributed by atoms with E-state index in [9.17, 15) is 14.4 Å². The summed E-state index contributed by atoms with van der Waals surface area (Å²) in [5.74, 6) is -0.225. The lowest BCUT2D eigenvalue weighted by atomic mass is 9.73. The second kappa shape index (κ2) is 4.61. The highest BCUT2D eigenvalue weighted by Gasteiger charge is 2.69. The molecule has 0 atom stereocenters. The van der Waals surface area contributed by atoms with Crippen molar-refractivity contribution in [3.8, 4) is 0 Å². The zero-order chi connectivity index (χ0) is 16.2. The molecule has 3 rings (SSSR count). The molecular formula is C19H22O3. The molecule has 0 radical (unpaired) electrons. The summed E-state index contributed by atoms with van der Waals surface area (Å²) in [5.41, 5.74) is -1.79. The molecule has 1 aromatic rings. The number of benzene rings is 1. The molecule has 22 heavy (non-hydrogen) atoms. The van der Waals surface area contributed by atoms with Crippen LogP contribution >= 0.6 is 0 Å².